The van der Waals surface area contributed by atoms with Crippen LogP contribution in [0.2, 0.25) is 5.02 Å². The minimum absolute atomic E-state index is 0.628. The van der Waals surface area contributed by atoms with Gasteiger partial charge in [0.1, 0.15) is 0 Å². The molecule has 0 aliphatic heterocycles. The van der Waals surface area contributed by atoms with Crippen LogP contribution in [0.15, 0.2) is 24.5 Å². The van der Waals surface area contributed by atoms with Crippen molar-refractivity contribution in [2.45, 2.75) is 0 Å². The average Bonchev–Trinajstić information content (AvgIpc) is 2.04. The standard InChI is InChI=1S/C9H10ClNO/c1-12-6-5-7-8(10)3-2-4-9(7)11/h2-6H,11H2,1H3. The normalized spacial score (nSPS) is 10.5. The first-order chi connectivity index (χ1) is 5.75. The lowest BCUT2D eigenvalue weighted by Gasteiger charge is -2.01. The first-order valence-corrected chi connectivity index (χ1v) is 3.87. The van der Waals surface area contributed by atoms with E-state index in [9.17, 15) is 0 Å². The van der Waals surface area contributed by atoms with E-state index >= 15 is 0 Å². The van der Waals surface area contributed by atoms with Crippen molar-refractivity contribution in [1.29, 1.82) is 0 Å². The Hall–Kier alpha value is -1.15. The maximum Gasteiger partial charge on any atom is 0.0831 e. The molecule has 2 nitrogen and oxygen atoms in total. The third-order valence-electron chi connectivity index (χ3n) is 1.46. The predicted octanol–water partition coefficient (Wildman–Crippen LogP) is 2.54. The zero-order chi connectivity index (χ0) is 8.97. The lowest BCUT2D eigenvalue weighted by molar-refractivity contribution is 0.341. The van der Waals surface area contributed by atoms with E-state index < -0.39 is 0 Å². The van der Waals surface area contributed by atoms with E-state index in [2.05, 4.69) is 0 Å². The number of hydrogen-bond donors (Lipinski definition) is 1. The van der Waals surface area contributed by atoms with Gasteiger partial charge >= 0.3 is 0 Å². The summed E-state index contributed by atoms with van der Waals surface area (Å²) in [6.45, 7) is 0. The van der Waals surface area contributed by atoms with Crippen molar-refractivity contribution in [3.8, 4) is 0 Å². The molecule has 0 unspecified atom stereocenters. The van der Waals surface area contributed by atoms with Crippen LogP contribution in [0.5, 0.6) is 0 Å². The largest absolute Gasteiger partial charge is 0.504 e. The Bertz CT molecular complexity index is 276. The van der Waals surface area contributed by atoms with Crippen LogP contribution >= 0.6 is 11.6 Å². The zero-order valence-electron chi connectivity index (χ0n) is 6.75. The maximum absolute atomic E-state index is 5.88. The number of nitrogens with two attached hydrogens (primary N) is 1. The molecule has 1 aromatic rings. The second-order valence-electron chi connectivity index (χ2n) is 2.28. The molecule has 0 saturated carbocycles. The molecule has 0 aromatic heterocycles. The van der Waals surface area contributed by atoms with E-state index in [1.807, 2.05) is 6.07 Å². The Morgan fingerprint density at radius 3 is 2.83 bits per heavy atom. The van der Waals surface area contributed by atoms with E-state index in [1.54, 1.807) is 25.3 Å². The first kappa shape index (κ1) is 8.94. The second-order valence-corrected chi connectivity index (χ2v) is 2.69. The van der Waals surface area contributed by atoms with Crippen LogP contribution < -0.4 is 5.73 Å². The topological polar surface area (TPSA) is 35.2 Å². The molecule has 0 aliphatic carbocycles. The van der Waals surface area contributed by atoms with Gasteiger partial charge in [-0.3, -0.25) is 0 Å². The fourth-order valence-electron chi connectivity index (χ4n) is 0.866. The summed E-state index contributed by atoms with van der Waals surface area (Å²) in [5, 5.41) is 0.628. The van der Waals surface area contributed by atoms with Crippen molar-refractivity contribution in [2.75, 3.05) is 12.8 Å². The molecule has 2 N–H and O–H groups in total. The lowest BCUT2D eigenvalue weighted by Crippen LogP contribution is -1.89. The molecule has 12 heavy (non-hydrogen) atoms. The SMILES string of the molecule is COC=Cc1c(N)cccc1Cl. The second kappa shape index (κ2) is 4.02. The fourth-order valence-corrected chi connectivity index (χ4v) is 1.11. The van der Waals surface area contributed by atoms with Crippen molar-refractivity contribution in [3.63, 3.8) is 0 Å². The van der Waals surface area contributed by atoms with Crippen LogP contribution in [-0.4, -0.2) is 7.11 Å². The zero-order valence-corrected chi connectivity index (χ0v) is 7.51. The average molecular weight is 184 g/mol. The van der Waals surface area contributed by atoms with Gasteiger partial charge in [0.25, 0.3) is 0 Å². The van der Waals surface area contributed by atoms with Gasteiger partial charge in [-0.2, -0.15) is 0 Å². The van der Waals surface area contributed by atoms with Crippen molar-refractivity contribution in [1.82, 2.24) is 0 Å². The monoisotopic (exact) mass is 183 g/mol. The van der Waals surface area contributed by atoms with E-state index in [0.29, 0.717) is 10.7 Å². The lowest BCUT2D eigenvalue weighted by atomic mass is 10.2. The Morgan fingerprint density at radius 1 is 1.50 bits per heavy atom. The quantitative estimate of drug-likeness (QED) is 0.565. The number of rotatable bonds is 2. The van der Waals surface area contributed by atoms with Gasteiger partial charge < -0.3 is 10.5 Å². The number of nitrogen functional groups attached to an aromatic ring is 1. The minimum atomic E-state index is 0.628. The summed E-state index contributed by atoms with van der Waals surface area (Å²) in [5.74, 6) is 0. The van der Waals surface area contributed by atoms with Gasteiger partial charge in [0, 0.05) is 16.3 Å². The third kappa shape index (κ3) is 1.92. The fraction of sp³-hybridized carbons (Fsp3) is 0.111. The summed E-state index contributed by atoms with van der Waals surface area (Å²) in [7, 11) is 1.57. The highest BCUT2D eigenvalue weighted by Crippen LogP contribution is 2.22. The van der Waals surface area contributed by atoms with Gasteiger partial charge in [-0.15, -0.1) is 0 Å². The number of benzene rings is 1. The van der Waals surface area contributed by atoms with Gasteiger partial charge in [-0.25, -0.2) is 0 Å². The summed E-state index contributed by atoms with van der Waals surface area (Å²) in [5.41, 5.74) is 7.11. The predicted molar refractivity (Wildman–Crippen MR) is 51.9 cm³/mol. The minimum Gasteiger partial charge on any atom is -0.504 e. The van der Waals surface area contributed by atoms with Gasteiger partial charge in [0.05, 0.1) is 13.4 Å². The van der Waals surface area contributed by atoms with Gasteiger partial charge in [-0.1, -0.05) is 17.7 Å². The molecule has 0 aliphatic rings. The molecule has 0 bridgehead atoms. The molecular weight excluding hydrogens is 174 g/mol. The molecule has 1 aromatic carbocycles. The van der Waals surface area contributed by atoms with E-state index in [1.165, 1.54) is 6.26 Å². The summed E-state index contributed by atoms with van der Waals surface area (Å²) in [4.78, 5) is 0. The molecule has 0 spiro atoms. The molecule has 3 heteroatoms. The molecule has 0 atom stereocenters. The molecular formula is C9H10ClNO. The Labute approximate surface area is 76.6 Å². The number of anilines is 1. The highest BCUT2D eigenvalue weighted by Gasteiger charge is 1.98. The summed E-state index contributed by atoms with van der Waals surface area (Å²) in [6.07, 6.45) is 3.27. The number of methoxy groups -OCH3 is 1. The Balaban J connectivity index is 3.04. The van der Waals surface area contributed by atoms with Crippen LogP contribution in [0, 0.1) is 0 Å². The number of ether oxygens (including phenoxy) is 1. The third-order valence-corrected chi connectivity index (χ3v) is 1.79. The Kier molecular flexibility index (Phi) is 3.00. The molecule has 1 rings (SSSR count). The first-order valence-electron chi connectivity index (χ1n) is 3.49. The molecule has 64 valence electrons. The van der Waals surface area contributed by atoms with Crippen molar-refractivity contribution >= 4 is 23.4 Å². The van der Waals surface area contributed by atoms with Crippen molar-refractivity contribution in [2.24, 2.45) is 0 Å². The van der Waals surface area contributed by atoms with E-state index in [4.69, 9.17) is 22.1 Å². The molecule has 0 saturated heterocycles. The number of hydrogen-bond acceptors (Lipinski definition) is 2. The van der Waals surface area contributed by atoms with Crippen LogP contribution in [-0.2, 0) is 4.74 Å². The maximum atomic E-state index is 5.88. The van der Waals surface area contributed by atoms with Crippen LogP contribution in [0.3, 0.4) is 0 Å². The van der Waals surface area contributed by atoms with Gasteiger partial charge in [0.15, 0.2) is 0 Å². The summed E-state index contributed by atoms with van der Waals surface area (Å²) >= 11 is 5.88. The smallest absolute Gasteiger partial charge is 0.0831 e. The molecule has 0 heterocycles. The summed E-state index contributed by atoms with van der Waals surface area (Å²) in [6, 6.07) is 5.39. The molecule has 0 fully saturated rings. The number of halogens is 1. The van der Waals surface area contributed by atoms with Crippen molar-refractivity contribution < 1.29 is 4.74 Å². The Morgan fingerprint density at radius 2 is 2.25 bits per heavy atom. The van der Waals surface area contributed by atoms with Crippen LogP contribution in [0.1, 0.15) is 5.56 Å². The van der Waals surface area contributed by atoms with E-state index in [-0.39, 0.29) is 0 Å². The van der Waals surface area contributed by atoms with Crippen LogP contribution in [0.25, 0.3) is 6.08 Å². The van der Waals surface area contributed by atoms with Gasteiger partial charge in [0.2, 0.25) is 0 Å². The van der Waals surface area contributed by atoms with Gasteiger partial charge in [-0.05, 0) is 18.2 Å². The molecule has 0 amide bonds. The molecule has 0 radical (unpaired) electrons. The van der Waals surface area contributed by atoms with E-state index in [0.717, 1.165) is 5.56 Å². The highest BCUT2D eigenvalue weighted by molar-refractivity contribution is 6.32. The summed E-state index contributed by atoms with van der Waals surface area (Å²) < 4.78 is 4.76. The van der Waals surface area contributed by atoms with Crippen molar-refractivity contribution in [3.05, 3.63) is 35.0 Å². The van der Waals surface area contributed by atoms with Crippen LogP contribution in [0.4, 0.5) is 5.69 Å². The highest BCUT2D eigenvalue weighted by atomic mass is 35.5.